The quantitative estimate of drug-likeness (QED) is 0.766. The molecule has 0 radical (unpaired) electrons. The summed E-state index contributed by atoms with van der Waals surface area (Å²) in [5.74, 6) is -0.353. The van der Waals surface area contributed by atoms with Crippen LogP contribution in [0.3, 0.4) is 0 Å². The van der Waals surface area contributed by atoms with Gasteiger partial charge in [-0.25, -0.2) is 0 Å². The third-order valence-corrected chi connectivity index (χ3v) is 5.27. The minimum atomic E-state index is -0.549. The first-order valence-electron chi connectivity index (χ1n) is 9.86. The third kappa shape index (κ3) is 4.52. The molecule has 2 amide bonds. The molecule has 1 saturated carbocycles. The van der Waals surface area contributed by atoms with Gasteiger partial charge in [0.2, 0.25) is 5.43 Å². The van der Waals surface area contributed by atoms with Gasteiger partial charge in [0.1, 0.15) is 16.9 Å². The highest BCUT2D eigenvalue weighted by atomic mass is 16.3. The Bertz CT molecular complexity index is 880. The number of pyridine rings is 1. The van der Waals surface area contributed by atoms with Gasteiger partial charge in [0.25, 0.3) is 11.8 Å². The Kier molecular flexibility index (Phi) is 6.34. The number of carbonyl (C=O) groups is 2. The van der Waals surface area contributed by atoms with Gasteiger partial charge >= 0.3 is 0 Å². The Labute approximate surface area is 164 Å². The van der Waals surface area contributed by atoms with Crippen molar-refractivity contribution in [1.29, 1.82) is 0 Å². The molecule has 0 aromatic carbocycles. The minimum Gasteiger partial charge on any atom is -0.467 e. The maximum Gasteiger partial charge on any atom is 0.257 e. The van der Waals surface area contributed by atoms with Crippen molar-refractivity contribution >= 4 is 11.8 Å². The van der Waals surface area contributed by atoms with Gasteiger partial charge in [-0.3, -0.25) is 14.4 Å². The minimum absolute atomic E-state index is 0.0119. The van der Waals surface area contributed by atoms with E-state index in [0.717, 1.165) is 32.1 Å². The molecule has 7 nitrogen and oxygen atoms in total. The second-order valence-corrected chi connectivity index (χ2v) is 7.34. The summed E-state index contributed by atoms with van der Waals surface area (Å²) in [6, 6.07) is 3.62. The molecule has 150 valence electrons. The Balaban J connectivity index is 1.91. The fourth-order valence-corrected chi connectivity index (χ4v) is 3.41. The van der Waals surface area contributed by atoms with E-state index >= 15 is 0 Å². The van der Waals surface area contributed by atoms with Crippen molar-refractivity contribution in [3.63, 3.8) is 0 Å². The highest BCUT2D eigenvalue weighted by Gasteiger charge is 2.24. The predicted molar refractivity (Wildman–Crippen MR) is 105 cm³/mol. The third-order valence-electron chi connectivity index (χ3n) is 5.27. The van der Waals surface area contributed by atoms with Gasteiger partial charge in [-0.05, 0) is 38.3 Å². The van der Waals surface area contributed by atoms with Gasteiger partial charge in [0.15, 0.2) is 0 Å². The monoisotopic (exact) mass is 385 g/mol. The molecule has 3 rings (SSSR count). The van der Waals surface area contributed by atoms with Gasteiger partial charge in [-0.1, -0.05) is 19.8 Å². The smallest absolute Gasteiger partial charge is 0.257 e. The standard InChI is InChI=1S/C21H27N3O4/c1-3-14(2)23-21(27)18-13-24(15-7-4-5-8-15)12-17(19(18)25)20(26)22-11-16-9-6-10-28-16/h6,9-10,12-15H,3-5,7-8,11H2,1-2H3,(H,22,26)(H,23,27). The fraction of sp³-hybridized carbons (Fsp3) is 0.476. The lowest BCUT2D eigenvalue weighted by molar-refractivity contribution is 0.0937. The summed E-state index contributed by atoms with van der Waals surface area (Å²) < 4.78 is 7.07. The van der Waals surface area contributed by atoms with Gasteiger partial charge in [-0.15, -0.1) is 0 Å². The van der Waals surface area contributed by atoms with Gasteiger partial charge in [0, 0.05) is 24.5 Å². The SMILES string of the molecule is CCC(C)NC(=O)c1cn(C2CCCC2)cc(C(=O)NCc2ccco2)c1=O. The number of furan rings is 1. The van der Waals surface area contributed by atoms with Crippen molar-refractivity contribution in [3.8, 4) is 0 Å². The maximum atomic E-state index is 12.9. The van der Waals surface area contributed by atoms with E-state index in [1.165, 1.54) is 6.26 Å². The molecule has 2 aromatic heterocycles. The molecule has 0 saturated heterocycles. The maximum absolute atomic E-state index is 12.9. The van der Waals surface area contributed by atoms with E-state index in [1.54, 1.807) is 24.5 Å². The first-order valence-corrected chi connectivity index (χ1v) is 9.86. The van der Waals surface area contributed by atoms with Crippen LogP contribution >= 0.6 is 0 Å². The first kappa shape index (κ1) is 19.9. The van der Waals surface area contributed by atoms with E-state index in [2.05, 4.69) is 10.6 Å². The largest absolute Gasteiger partial charge is 0.467 e. The lowest BCUT2D eigenvalue weighted by atomic mass is 10.1. The zero-order chi connectivity index (χ0) is 20.1. The topological polar surface area (TPSA) is 93.3 Å². The summed E-state index contributed by atoms with van der Waals surface area (Å²) in [5, 5.41) is 5.53. The molecule has 7 heteroatoms. The van der Waals surface area contributed by atoms with Crippen molar-refractivity contribution in [2.45, 2.75) is 64.6 Å². The van der Waals surface area contributed by atoms with E-state index in [4.69, 9.17) is 4.42 Å². The molecule has 1 atom stereocenters. The summed E-state index contributed by atoms with van der Waals surface area (Å²) in [6.07, 6.45) is 9.61. The van der Waals surface area contributed by atoms with Crippen molar-refractivity contribution in [3.05, 3.63) is 57.9 Å². The predicted octanol–water partition coefficient (Wildman–Crippen LogP) is 3.01. The Morgan fingerprint density at radius 2 is 1.89 bits per heavy atom. The molecule has 1 aliphatic carbocycles. The summed E-state index contributed by atoms with van der Waals surface area (Å²) in [7, 11) is 0. The van der Waals surface area contributed by atoms with Crippen LogP contribution in [0.2, 0.25) is 0 Å². The Morgan fingerprint density at radius 1 is 1.21 bits per heavy atom. The van der Waals surface area contributed by atoms with Crippen molar-refractivity contribution in [2.75, 3.05) is 0 Å². The number of hydrogen-bond acceptors (Lipinski definition) is 4. The summed E-state index contributed by atoms with van der Waals surface area (Å²) in [5.41, 5.74) is -0.555. The molecule has 2 aromatic rings. The van der Waals surface area contributed by atoms with Gasteiger partial charge in [-0.2, -0.15) is 0 Å². The number of aromatic nitrogens is 1. The summed E-state index contributed by atoms with van der Waals surface area (Å²) >= 11 is 0. The lowest BCUT2D eigenvalue weighted by Crippen LogP contribution is -2.38. The van der Waals surface area contributed by atoms with E-state index in [9.17, 15) is 14.4 Å². The normalized spacial score (nSPS) is 15.4. The lowest BCUT2D eigenvalue weighted by Gasteiger charge is -2.18. The van der Waals surface area contributed by atoms with Gasteiger partial charge < -0.3 is 19.6 Å². The van der Waals surface area contributed by atoms with Crippen LogP contribution in [0, 0.1) is 0 Å². The number of nitrogens with zero attached hydrogens (tertiary/aromatic N) is 1. The first-order chi connectivity index (χ1) is 13.5. The number of hydrogen-bond donors (Lipinski definition) is 2. The molecular weight excluding hydrogens is 358 g/mol. The van der Waals surface area contributed by atoms with Gasteiger partial charge in [0.05, 0.1) is 12.8 Å². The Hall–Kier alpha value is -2.83. The summed E-state index contributed by atoms with van der Waals surface area (Å²) in [4.78, 5) is 38.2. The second-order valence-electron chi connectivity index (χ2n) is 7.34. The van der Waals surface area contributed by atoms with Crippen molar-refractivity contribution < 1.29 is 14.0 Å². The van der Waals surface area contributed by atoms with Crippen LogP contribution in [0.4, 0.5) is 0 Å². The average molecular weight is 385 g/mol. The average Bonchev–Trinajstić information content (AvgIpc) is 3.40. The number of amides is 2. The van der Waals surface area contributed by atoms with Crippen LogP contribution in [0.15, 0.2) is 40.0 Å². The van der Waals surface area contributed by atoms with Crippen LogP contribution in [0.25, 0.3) is 0 Å². The van der Waals surface area contributed by atoms with Crippen molar-refractivity contribution in [1.82, 2.24) is 15.2 Å². The number of nitrogens with one attached hydrogen (secondary N) is 2. The van der Waals surface area contributed by atoms with Crippen LogP contribution in [0.5, 0.6) is 0 Å². The second kappa shape index (κ2) is 8.91. The van der Waals surface area contributed by atoms with Crippen LogP contribution in [-0.4, -0.2) is 22.4 Å². The molecular formula is C21H27N3O4. The van der Waals surface area contributed by atoms with Crippen LogP contribution < -0.4 is 16.1 Å². The summed E-state index contributed by atoms with van der Waals surface area (Å²) in [6.45, 7) is 4.02. The highest BCUT2D eigenvalue weighted by molar-refractivity contribution is 5.99. The molecule has 28 heavy (non-hydrogen) atoms. The van der Waals surface area contributed by atoms with Crippen LogP contribution in [-0.2, 0) is 6.54 Å². The van der Waals surface area contributed by atoms with E-state index < -0.39 is 17.2 Å². The highest BCUT2D eigenvalue weighted by Crippen LogP contribution is 2.29. The molecule has 1 unspecified atom stereocenters. The molecule has 0 spiro atoms. The zero-order valence-electron chi connectivity index (χ0n) is 16.4. The van der Waals surface area contributed by atoms with Crippen LogP contribution in [0.1, 0.15) is 78.5 Å². The molecule has 0 aliphatic heterocycles. The molecule has 2 N–H and O–H groups in total. The van der Waals surface area contributed by atoms with E-state index in [1.807, 2.05) is 18.4 Å². The molecule has 1 fully saturated rings. The molecule has 2 heterocycles. The zero-order valence-corrected chi connectivity index (χ0v) is 16.4. The van der Waals surface area contributed by atoms with E-state index in [0.29, 0.717) is 5.76 Å². The van der Waals surface area contributed by atoms with Crippen molar-refractivity contribution in [2.24, 2.45) is 0 Å². The fourth-order valence-electron chi connectivity index (χ4n) is 3.41. The molecule has 0 bridgehead atoms. The number of rotatable bonds is 7. The van der Waals surface area contributed by atoms with E-state index in [-0.39, 0.29) is 29.8 Å². The number of carbonyl (C=O) groups excluding carboxylic acids is 2. The molecule has 1 aliphatic rings. The Morgan fingerprint density at radius 3 is 2.50 bits per heavy atom.